The monoisotopic (exact) mass is 229 g/mol. The van der Waals surface area contributed by atoms with Gasteiger partial charge in [-0.1, -0.05) is 13.3 Å². The summed E-state index contributed by atoms with van der Waals surface area (Å²) in [5.41, 5.74) is -0.879. The standard InChI is InChI=1S/C12H23NO3/c1-4-10-7-5-6-8-13(10)12(2,9-16-3)11(14)15/h10H,4-9H2,1-3H3,(H,14,15). The van der Waals surface area contributed by atoms with Crippen molar-refractivity contribution in [1.29, 1.82) is 0 Å². The molecular weight excluding hydrogens is 206 g/mol. The first kappa shape index (κ1) is 13.5. The minimum Gasteiger partial charge on any atom is -0.480 e. The highest BCUT2D eigenvalue weighted by molar-refractivity contribution is 5.78. The van der Waals surface area contributed by atoms with Gasteiger partial charge >= 0.3 is 5.97 Å². The lowest BCUT2D eigenvalue weighted by atomic mass is 9.91. The Balaban J connectivity index is 2.86. The largest absolute Gasteiger partial charge is 0.480 e. The highest BCUT2D eigenvalue weighted by Crippen LogP contribution is 2.28. The summed E-state index contributed by atoms with van der Waals surface area (Å²) in [7, 11) is 1.56. The summed E-state index contributed by atoms with van der Waals surface area (Å²) in [4.78, 5) is 13.6. The SMILES string of the molecule is CCC1CCCCN1C(C)(COC)C(=O)O. The quantitative estimate of drug-likeness (QED) is 0.780. The molecule has 16 heavy (non-hydrogen) atoms. The molecule has 1 fully saturated rings. The van der Waals surface area contributed by atoms with E-state index in [0.717, 1.165) is 25.8 Å². The molecule has 2 unspecified atom stereocenters. The first-order valence-electron chi connectivity index (χ1n) is 6.05. The maximum Gasteiger partial charge on any atom is 0.326 e. The van der Waals surface area contributed by atoms with E-state index in [9.17, 15) is 9.90 Å². The van der Waals surface area contributed by atoms with Crippen LogP contribution in [-0.4, -0.2) is 47.8 Å². The van der Waals surface area contributed by atoms with Crippen molar-refractivity contribution in [3.63, 3.8) is 0 Å². The fourth-order valence-electron chi connectivity index (χ4n) is 2.62. The van der Waals surface area contributed by atoms with Crippen LogP contribution in [0.5, 0.6) is 0 Å². The van der Waals surface area contributed by atoms with E-state index in [1.54, 1.807) is 14.0 Å². The molecule has 0 aromatic rings. The van der Waals surface area contributed by atoms with Crippen molar-refractivity contribution >= 4 is 5.97 Å². The highest BCUT2D eigenvalue weighted by atomic mass is 16.5. The van der Waals surface area contributed by atoms with Gasteiger partial charge < -0.3 is 9.84 Å². The van der Waals surface area contributed by atoms with Crippen molar-refractivity contribution in [2.45, 2.75) is 51.1 Å². The van der Waals surface area contributed by atoms with Gasteiger partial charge in [-0.05, 0) is 32.7 Å². The zero-order chi connectivity index (χ0) is 12.2. The fourth-order valence-corrected chi connectivity index (χ4v) is 2.62. The van der Waals surface area contributed by atoms with Gasteiger partial charge in [0.1, 0.15) is 5.54 Å². The third kappa shape index (κ3) is 2.55. The van der Waals surface area contributed by atoms with Crippen molar-refractivity contribution in [3.8, 4) is 0 Å². The van der Waals surface area contributed by atoms with Crippen molar-refractivity contribution in [2.75, 3.05) is 20.3 Å². The van der Waals surface area contributed by atoms with E-state index >= 15 is 0 Å². The zero-order valence-corrected chi connectivity index (χ0v) is 10.5. The van der Waals surface area contributed by atoms with Crippen molar-refractivity contribution < 1.29 is 14.6 Å². The normalized spacial score (nSPS) is 26.3. The number of rotatable bonds is 5. The Morgan fingerprint density at radius 1 is 1.56 bits per heavy atom. The maximum absolute atomic E-state index is 11.5. The van der Waals surface area contributed by atoms with Gasteiger partial charge in [0, 0.05) is 13.2 Å². The van der Waals surface area contributed by atoms with Gasteiger partial charge in [0.25, 0.3) is 0 Å². The summed E-state index contributed by atoms with van der Waals surface area (Å²) in [6.07, 6.45) is 4.40. The van der Waals surface area contributed by atoms with Crippen LogP contribution in [0.1, 0.15) is 39.5 Å². The Hall–Kier alpha value is -0.610. The predicted octanol–water partition coefficient (Wildman–Crippen LogP) is 1.74. The third-order valence-corrected chi connectivity index (χ3v) is 3.62. The molecule has 1 heterocycles. The molecule has 0 saturated carbocycles. The molecule has 1 saturated heterocycles. The van der Waals surface area contributed by atoms with Crippen molar-refractivity contribution in [2.24, 2.45) is 0 Å². The number of hydrogen-bond acceptors (Lipinski definition) is 3. The van der Waals surface area contributed by atoms with Crippen LogP contribution >= 0.6 is 0 Å². The van der Waals surface area contributed by atoms with Crippen LogP contribution < -0.4 is 0 Å². The van der Waals surface area contributed by atoms with Crippen molar-refractivity contribution in [3.05, 3.63) is 0 Å². The van der Waals surface area contributed by atoms with Gasteiger partial charge in [0.2, 0.25) is 0 Å². The molecular formula is C12H23NO3. The number of aliphatic carboxylic acids is 1. The molecule has 0 amide bonds. The molecule has 1 aliphatic rings. The average Bonchev–Trinajstić information content (AvgIpc) is 2.29. The van der Waals surface area contributed by atoms with Gasteiger partial charge in [0.05, 0.1) is 6.61 Å². The van der Waals surface area contributed by atoms with Gasteiger partial charge in [-0.25, -0.2) is 0 Å². The van der Waals surface area contributed by atoms with E-state index in [4.69, 9.17) is 4.74 Å². The van der Waals surface area contributed by atoms with Crippen LogP contribution in [0, 0.1) is 0 Å². The van der Waals surface area contributed by atoms with Crippen LogP contribution in [0.4, 0.5) is 0 Å². The Labute approximate surface area is 97.6 Å². The van der Waals surface area contributed by atoms with Crippen molar-refractivity contribution in [1.82, 2.24) is 4.90 Å². The lowest BCUT2D eigenvalue weighted by Crippen LogP contribution is -2.60. The van der Waals surface area contributed by atoms with E-state index < -0.39 is 11.5 Å². The Kier molecular flexibility index (Phi) is 4.74. The molecule has 1 N–H and O–H groups in total. The number of likely N-dealkylation sites (tertiary alicyclic amines) is 1. The summed E-state index contributed by atoms with van der Waals surface area (Å²) in [6, 6.07) is 0.380. The molecule has 0 radical (unpaired) electrons. The summed E-state index contributed by atoms with van der Waals surface area (Å²) in [6.45, 7) is 5.01. The zero-order valence-electron chi connectivity index (χ0n) is 10.5. The van der Waals surface area contributed by atoms with Gasteiger partial charge in [-0.15, -0.1) is 0 Å². The summed E-state index contributed by atoms with van der Waals surface area (Å²) in [5, 5.41) is 9.41. The second-order valence-electron chi connectivity index (χ2n) is 4.76. The average molecular weight is 229 g/mol. The van der Waals surface area contributed by atoms with Gasteiger partial charge in [-0.2, -0.15) is 0 Å². The number of carboxylic acid groups (broad SMARTS) is 1. The summed E-state index contributed by atoms with van der Waals surface area (Å²) >= 11 is 0. The molecule has 4 nitrogen and oxygen atoms in total. The van der Waals surface area contributed by atoms with E-state index in [0.29, 0.717) is 6.04 Å². The number of methoxy groups -OCH3 is 1. The van der Waals surface area contributed by atoms with Crippen LogP contribution in [0.2, 0.25) is 0 Å². The minimum atomic E-state index is -0.879. The number of carbonyl (C=O) groups is 1. The second kappa shape index (κ2) is 5.64. The number of ether oxygens (including phenoxy) is 1. The Bertz CT molecular complexity index is 244. The number of carboxylic acids is 1. The number of hydrogen-bond donors (Lipinski definition) is 1. The summed E-state index contributed by atoms with van der Waals surface area (Å²) < 4.78 is 5.09. The smallest absolute Gasteiger partial charge is 0.326 e. The first-order chi connectivity index (χ1) is 7.56. The van der Waals surface area contributed by atoms with Crippen LogP contribution in [0.3, 0.4) is 0 Å². The van der Waals surface area contributed by atoms with Crippen LogP contribution in [0.15, 0.2) is 0 Å². The molecule has 0 spiro atoms. The van der Waals surface area contributed by atoms with Gasteiger partial charge in [0.15, 0.2) is 0 Å². The molecule has 0 bridgehead atoms. The molecule has 0 aromatic heterocycles. The van der Waals surface area contributed by atoms with E-state index in [1.165, 1.54) is 6.42 Å². The Morgan fingerprint density at radius 2 is 2.25 bits per heavy atom. The third-order valence-electron chi connectivity index (χ3n) is 3.62. The van der Waals surface area contributed by atoms with Crippen LogP contribution in [0.25, 0.3) is 0 Å². The minimum absolute atomic E-state index is 0.249. The predicted molar refractivity (Wildman–Crippen MR) is 62.6 cm³/mol. The summed E-state index contributed by atoms with van der Waals surface area (Å²) in [5.74, 6) is -0.783. The fraction of sp³-hybridized carbons (Fsp3) is 0.917. The molecule has 2 atom stereocenters. The molecule has 4 heteroatoms. The molecule has 0 aliphatic carbocycles. The molecule has 1 rings (SSSR count). The van der Waals surface area contributed by atoms with Crippen LogP contribution in [-0.2, 0) is 9.53 Å². The molecule has 94 valence electrons. The molecule has 1 aliphatic heterocycles. The first-order valence-corrected chi connectivity index (χ1v) is 6.05. The number of nitrogens with zero attached hydrogens (tertiary/aromatic N) is 1. The van der Waals surface area contributed by atoms with E-state index in [-0.39, 0.29) is 6.61 Å². The van der Waals surface area contributed by atoms with Gasteiger partial charge in [-0.3, -0.25) is 9.69 Å². The maximum atomic E-state index is 11.5. The number of piperidine rings is 1. The topological polar surface area (TPSA) is 49.8 Å². The second-order valence-corrected chi connectivity index (χ2v) is 4.76. The lowest BCUT2D eigenvalue weighted by molar-refractivity contribution is -0.158. The van der Waals surface area contributed by atoms with E-state index in [2.05, 4.69) is 11.8 Å². The highest BCUT2D eigenvalue weighted by Gasteiger charge is 2.43. The van der Waals surface area contributed by atoms with E-state index in [1.807, 2.05) is 0 Å². The molecule has 0 aromatic carbocycles. The Morgan fingerprint density at radius 3 is 2.75 bits per heavy atom. The lowest BCUT2D eigenvalue weighted by Gasteiger charge is -2.45.